The van der Waals surface area contributed by atoms with Gasteiger partial charge in [0.2, 0.25) is 0 Å². The Hall–Kier alpha value is -0.260. The molecule has 0 radical (unpaired) electrons. The van der Waals surface area contributed by atoms with Crippen LogP contribution >= 0.6 is 0 Å². The zero-order chi connectivity index (χ0) is 28.9. The van der Waals surface area contributed by atoms with Crippen LogP contribution in [0.25, 0.3) is 0 Å². The van der Waals surface area contributed by atoms with Gasteiger partial charge in [0, 0.05) is 0 Å². The van der Waals surface area contributed by atoms with Gasteiger partial charge in [-0.1, -0.05) is 129 Å². The summed E-state index contributed by atoms with van der Waals surface area (Å²) in [6.07, 6.45) is 7.89. The van der Waals surface area contributed by atoms with E-state index < -0.39 is 0 Å². The van der Waals surface area contributed by atoms with E-state index in [1.54, 1.807) is 11.1 Å². The van der Waals surface area contributed by atoms with Gasteiger partial charge in [-0.05, 0) is 103 Å². The van der Waals surface area contributed by atoms with Gasteiger partial charge >= 0.3 is 0 Å². The van der Waals surface area contributed by atoms with E-state index in [1.807, 2.05) is 0 Å². The Morgan fingerprint density at radius 1 is 0.500 bits per heavy atom. The maximum absolute atomic E-state index is 2.54. The van der Waals surface area contributed by atoms with E-state index in [-0.39, 0.29) is 5.41 Å². The second-order valence-electron chi connectivity index (χ2n) is 17.9. The monoisotopic (exact) mass is 505 g/mol. The van der Waals surface area contributed by atoms with Crippen molar-refractivity contribution in [3.05, 3.63) is 11.1 Å². The van der Waals surface area contributed by atoms with Crippen LogP contribution in [0.15, 0.2) is 11.1 Å². The van der Waals surface area contributed by atoms with Gasteiger partial charge in [-0.2, -0.15) is 0 Å². The molecule has 0 amide bonds. The van der Waals surface area contributed by atoms with Crippen molar-refractivity contribution in [3.63, 3.8) is 0 Å². The first-order valence-electron chi connectivity index (χ1n) is 15.5. The summed E-state index contributed by atoms with van der Waals surface area (Å²) in [5, 5.41) is 0. The third-order valence-electron chi connectivity index (χ3n) is 9.34. The normalized spacial score (nSPS) is 19.1. The van der Waals surface area contributed by atoms with Crippen LogP contribution < -0.4 is 0 Å². The summed E-state index contributed by atoms with van der Waals surface area (Å²) < 4.78 is 0. The van der Waals surface area contributed by atoms with Crippen molar-refractivity contribution in [1.29, 1.82) is 0 Å². The highest BCUT2D eigenvalue weighted by atomic mass is 14.4. The van der Waals surface area contributed by atoms with Crippen LogP contribution in [0.3, 0.4) is 0 Å². The Labute approximate surface area is 231 Å². The zero-order valence-electron chi connectivity index (χ0n) is 28.7. The summed E-state index contributed by atoms with van der Waals surface area (Å²) in [6, 6.07) is 0. The lowest BCUT2D eigenvalue weighted by Crippen LogP contribution is -2.27. The highest BCUT2D eigenvalue weighted by molar-refractivity contribution is 5.20. The maximum atomic E-state index is 2.54. The molecule has 0 fully saturated rings. The molecule has 0 saturated carbocycles. The van der Waals surface area contributed by atoms with Crippen LogP contribution in [-0.2, 0) is 0 Å². The van der Waals surface area contributed by atoms with Crippen LogP contribution in [0.4, 0.5) is 0 Å². The van der Waals surface area contributed by atoms with Gasteiger partial charge in [-0.15, -0.1) is 0 Å². The third kappa shape index (κ3) is 13.5. The molecule has 0 bridgehead atoms. The van der Waals surface area contributed by atoms with E-state index in [0.29, 0.717) is 16.2 Å². The molecule has 216 valence electrons. The maximum Gasteiger partial charge on any atom is -0.0170 e. The first-order chi connectivity index (χ1) is 15.9. The molecular formula is C36H72. The minimum atomic E-state index is 0.241. The lowest BCUT2D eigenvalue weighted by atomic mass is 9.67. The Balaban J connectivity index is 5.73. The summed E-state index contributed by atoms with van der Waals surface area (Å²) >= 11 is 0. The van der Waals surface area contributed by atoms with Crippen LogP contribution in [0.1, 0.15) is 163 Å². The van der Waals surface area contributed by atoms with Crippen molar-refractivity contribution in [3.8, 4) is 0 Å². The van der Waals surface area contributed by atoms with Crippen LogP contribution in [-0.4, -0.2) is 0 Å². The minimum Gasteiger partial charge on any atom is -0.0733 e. The molecule has 0 aliphatic heterocycles. The van der Waals surface area contributed by atoms with Crippen LogP contribution in [0.2, 0.25) is 0 Å². The standard InChI is InChI=1S/C36H72/c1-25(2)19-30(34(10,11)12)24-28(5)32(36(16,17)18)23-27(4)22-31(35(13,14)15)21-26(3)20-29(6)33(7,8)9/h25-27,29-31H,19-24H2,1-18H3. The summed E-state index contributed by atoms with van der Waals surface area (Å²) in [5.74, 6) is 4.57. The van der Waals surface area contributed by atoms with Crippen molar-refractivity contribution in [2.45, 2.75) is 163 Å². The summed E-state index contributed by atoms with van der Waals surface area (Å²) in [7, 11) is 0. The first kappa shape index (κ1) is 35.7. The fourth-order valence-corrected chi connectivity index (χ4v) is 6.19. The summed E-state index contributed by atoms with van der Waals surface area (Å²) in [4.78, 5) is 0. The lowest BCUT2D eigenvalue weighted by Gasteiger charge is -2.38. The molecule has 0 aromatic heterocycles. The molecule has 5 atom stereocenters. The molecule has 0 heterocycles. The topological polar surface area (TPSA) is 0 Å². The molecule has 0 aliphatic rings. The number of hydrogen-bond acceptors (Lipinski definition) is 0. The highest BCUT2D eigenvalue weighted by Crippen LogP contribution is 2.44. The van der Waals surface area contributed by atoms with Crippen molar-refractivity contribution in [2.24, 2.45) is 57.2 Å². The second-order valence-corrected chi connectivity index (χ2v) is 17.9. The van der Waals surface area contributed by atoms with E-state index >= 15 is 0 Å². The molecule has 0 nitrogen and oxygen atoms in total. The predicted molar refractivity (Wildman–Crippen MR) is 168 cm³/mol. The summed E-state index contributed by atoms with van der Waals surface area (Å²) in [6.45, 7) is 44.1. The van der Waals surface area contributed by atoms with Gasteiger partial charge in [0.25, 0.3) is 0 Å². The number of hydrogen-bond donors (Lipinski definition) is 0. The summed E-state index contributed by atoms with van der Waals surface area (Å²) in [5.41, 5.74) is 4.78. The molecule has 0 aromatic rings. The van der Waals surface area contributed by atoms with Crippen LogP contribution in [0.5, 0.6) is 0 Å². The molecular weight excluding hydrogens is 432 g/mol. The van der Waals surface area contributed by atoms with Gasteiger partial charge in [0.15, 0.2) is 0 Å². The molecule has 0 heteroatoms. The predicted octanol–water partition coefficient (Wildman–Crippen LogP) is 12.6. The van der Waals surface area contributed by atoms with E-state index in [0.717, 1.165) is 35.5 Å². The smallest absolute Gasteiger partial charge is 0.0170 e. The molecule has 0 spiro atoms. The molecule has 0 N–H and O–H groups in total. The molecule has 5 unspecified atom stereocenters. The zero-order valence-corrected chi connectivity index (χ0v) is 28.7. The molecule has 0 aliphatic carbocycles. The van der Waals surface area contributed by atoms with Gasteiger partial charge in [-0.25, -0.2) is 0 Å². The van der Waals surface area contributed by atoms with Gasteiger partial charge in [0.05, 0.1) is 0 Å². The molecule has 0 aromatic carbocycles. The SMILES string of the molecule is CC(CC(CC(C)C)C(C)(C)C)=C(CC(C)CC(CC(C)CC(C)C(C)(C)C)C(C)(C)C)C(C)(C)C. The first-order valence-corrected chi connectivity index (χ1v) is 15.5. The fourth-order valence-electron chi connectivity index (χ4n) is 6.19. The third-order valence-corrected chi connectivity index (χ3v) is 9.34. The molecule has 36 heavy (non-hydrogen) atoms. The van der Waals surface area contributed by atoms with Crippen molar-refractivity contribution < 1.29 is 0 Å². The average Bonchev–Trinajstić information content (AvgIpc) is 2.61. The van der Waals surface area contributed by atoms with Crippen LogP contribution in [0, 0.1) is 57.2 Å². The second kappa shape index (κ2) is 13.7. The average molecular weight is 505 g/mol. The van der Waals surface area contributed by atoms with Gasteiger partial charge in [0.1, 0.15) is 0 Å². The van der Waals surface area contributed by atoms with E-state index in [1.165, 1.54) is 38.5 Å². The van der Waals surface area contributed by atoms with Crippen molar-refractivity contribution in [1.82, 2.24) is 0 Å². The van der Waals surface area contributed by atoms with E-state index in [9.17, 15) is 0 Å². The van der Waals surface area contributed by atoms with Gasteiger partial charge < -0.3 is 0 Å². The molecule has 0 saturated heterocycles. The minimum absolute atomic E-state index is 0.241. The number of rotatable bonds is 12. The van der Waals surface area contributed by atoms with E-state index in [2.05, 4.69) is 125 Å². The van der Waals surface area contributed by atoms with Crippen molar-refractivity contribution in [2.75, 3.05) is 0 Å². The highest BCUT2D eigenvalue weighted by Gasteiger charge is 2.32. The fraction of sp³-hybridized carbons (Fsp3) is 0.944. The Morgan fingerprint density at radius 3 is 1.31 bits per heavy atom. The molecule has 0 rings (SSSR count). The Bertz CT molecular complexity index is 646. The van der Waals surface area contributed by atoms with Gasteiger partial charge in [-0.3, -0.25) is 0 Å². The van der Waals surface area contributed by atoms with Crippen molar-refractivity contribution >= 4 is 0 Å². The Morgan fingerprint density at radius 2 is 0.944 bits per heavy atom. The quantitative estimate of drug-likeness (QED) is 0.232. The lowest BCUT2D eigenvalue weighted by molar-refractivity contribution is 0.141. The van der Waals surface area contributed by atoms with E-state index in [4.69, 9.17) is 0 Å². The largest absolute Gasteiger partial charge is 0.0733 e. The Kier molecular flexibility index (Phi) is 13.6. The number of allylic oxidation sites excluding steroid dienone is 2.